The van der Waals surface area contributed by atoms with E-state index in [0.29, 0.717) is 31.3 Å². The molecule has 2 fully saturated rings. The van der Waals surface area contributed by atoms with Crippen molar-refractivity contribution >= 4 is 24.0 Å². The molecule has 7 heteroatoms. The van der Waals surface area contributed by atoms with Crippen LogP contribution in [0.15, 0.2) is 22.8 Å². The van der Waals surface area contributed by atoms with Crippen LogP contribution in [0.2, 0.25) is 0 Å². The number of ether oxygens (including phenoxy) is 3. The van der Waals surface area contributed by atoms with Crippen molar-refractivity contribution in [2.45, 2.75) is 97.9 Å². The Bertz CT molecular complexity index is 1040. The van der Waals surface area contributed by atoms with Crippen LogP contribution in [0.25, 0.3) is 0 Å². The highest BCUT2D eigenvalue weighted by Gasteiger charge is 2.65. The van der Waals surface area contributed by atoms with Gasteiger partial charge < -0.3 is 19.0 Å². The van der Waals surface area contributed by atoms with Gasteiger partial charge in [-0.1, -0.05) is 40.7 Å². The molecule has 0 radical (unpaired) electrons. The van der Waals surface area contributed by atoms with Crippen molar-refractivity contribution < 1.29 is 33.4 Å². The molecule has 4 aliphatic rings. The molecular weight excluding hydrogens is 448 g/mol. The van der Waals surface area contributed by atoms with E-state index >= 15 is 0 Å². The minimum absolute atomic E-state index is 0.00742. The van der Waals surface area contributed by atoms with E-state index in [0.717, 1.165) is 23.9 Å². The number of Topliss-reactive ketones (excluding diaryl/α,β-unsaturated/α-hetero) is 1. The summed E-state index contributed by atoms with van der Waals surface area (Å²) in [5.74, 6) is -0.795. The summed E-state index contributed by atoms with van der Waals surface area (Å²) in [6.45, 7) is 11.4. The molecule has 7 nitrogen and oxygen atoms in total. The van der Waals surface area contributed by atoms with Crippen LogP contribution in [0.4, 0.5) is 0 Å². The largest absolute Gasteiger partial charge is 0.465 e. The summed E-state index contributed by atoms with van der Waals surface area (Å²) in [4.78, 5) is 50.4. The molecule has 35 heavy (non-hydrogen) atoms. The van der Waals surface area contributed by atoms with Crippen LogP contribution < -0.4 is 0 Å². The summed E-state index contributed by atoms with van der Waals surface area (Å²) < 4.78 is 17.5. The van der Waals surface area contributed by atoms with Gasteiger partial charge in [0.1, 0.15) is 18.0 Å². The highest BCUT2D eigenvalue weighted by Crippen LogP contribution is 2.65. The topological polar surface area (TPSA) is 96.0 Å². The summed E-state index contributed by atoms with van der Waals surface area (Å²) in [7, 11) is 1.36. The lowest BCUT2D eigenvalue weighted by Gasteiger charge is -2.53. The van der Waals surface area contributed by atoms with Crippen molar-refractivity contribution in [2.24, 2.45) is 22.2 Å². The maximum Gasteiger partial charge on any atom is 0.338 e. The molecular formula is C28H38O7. The van der Waals surface area contributed by atoms with Crippen LogP contribution in [0.1, 0.15) is 80.1 Å². The Balaban J connectivity index is 1.85. The van der Waals surface area contributed by atoms with Gasteiger partial charge in [0.2, 0.25) is 0 Å². The number of carbonyl (C=O) groups excluding carboxylic acids is 4. The van der Waals surface area contributed by atoms with Gasteiger partial charge in [0.25, 0.3) is 0 Å². The second-order valence-corrected chi connectivity index (χ2v) is 11.9. The lowest BCUT2D eigenvalue weighted by molar-refractivity contribution is -0.159. The first-order valence-electron chi connectivity index (χ1n) is 12.6. The number of rotatable bonds is 7. The summed E-state index contributed by atoms with van der Waals surface area (Å²) >= 11 is 0. The fourth-order valence-corrected chi connectivity index (χ4v) is 7.38. The van der Waals surface area contributed by atoms with E-state index in [2.05, 4.69) is 6.92 Å². The van der Waals surface area contributed by atoms with Gasteiger partial charge in [0.15, 0.2) is 5.78 Å². The Hall–Kier alpha value is -2.28. The van der Waals surface area contributed by atoms with Crippen molar-refractivity contribution in [3.63, 3.8) is 0 Å². The highest BCUT2D eigenvalue weighted by atomic mass is 16.5. The van der Waals surface area contributed by atoms with E-state index in [1.165, 1.54) is 14.0 Å². The summed E-state index contributed by atoms with van der Waals surface area (Å²) in [5, 5.41) is 0. The maximum atomic E-state index is 13.4. The molecule has 2 bridgehead atoms. The standard InChI is InChI=1S/C28H38O7/c1-16(10-13-29)26(5)11-8-19-22(23(31)33-7)18(14-21(27(19,26)6)34-17(2)30)15-28-12-9-20(35-28)25(3,4)24(28)32/h8,13,16,20-21H,9-12,14-15H2,1-7H3/t16-,20+,21-,26+,27+,28+/m1/s1. The number of carbonyl (C=O) groups is 4. The molecule has 4 rings (SSSR count). The lowest BCUT2D eigenvalue weighted by Crippen LogP contribution is -2.53. The third-order valence-corrected chi connectivity index (χ3v) is 9.89. The minimum atomic E-state index is -0.968. The number of allylic oxidation sites excluding steroid dienone is 1. The first-order valence-corrected chi connectivity index (χ1v) is 12.6. The number of fused-ring (bicyclic) bond motifs is 3. The number of esters is 2. The number of hydrogen-bond acceptors (Lipinski definition) is 7. The van der Waals surface area contributed by atoms with E-state index in [4.69, 9.17) is 14.2 Å². The molecule has 0 N–H and O–H groups in total. The molecule has 0 aromatic heterocycles. The molecule has 2 saturated heterocycles. The molecule has 0 saturated carbocycles. The molecule has 0 aromatic carbocycles. The first-order chi connectivity index (χ1) is 16.3. The van der Waals surface area contributed by atoms with Gasteiger partial charge >= 0.3 is 11.9 Å². The molecule has 0 spiro atoms. The molecule has 2 aliphatic heterocycles. The van der Waals surface area contributed by atoms with Gasteiger partial charge in [-0.15, -0.1) is 0 Å². The number of aldehydes is 1. The number of methoxy groups -OCH3 is 1. The number of ketones is 1. The Kier molecular flexibility index (Phi) is 6.19. The third-order valence-electron chi connectivity index (χ3n) is 9.89. The third kappa shape index (κ3) is 3.48. The predicted molar refractivity (Wildman–Crippen MR) is 128 cm³/mol. The highest BCUT2D eigenvalue weighted by molar-refractivity contribution is 5.98. The van der Waals surface area contributed by atoms with Crippen LogP contribution in [0.3, 0.4) is 0 Å². The molecule has 0 aromatic rings. The summed E-state index contributed by atoms with van der Waals surface area (Å²) in [6, 6.07) is 0. The van der Waals surface area contributed by atoms with E-state index < -0.39 is 39.9 Å². The Morgan fingerprint density at radius 3 is 2.49 bits per heavy atom. The smallest absolute Gasteiger partial charge is 0.338 e. The molecule has 2 heterocycles. The Labute approximate surface area is 207 Å². The van der Waals surface area contributed by atoms with Gasteiger partial charge in [-0.3, -0.25) is 9.59 Å². The second kappa shape index (κ2) is 8.39. The zero-order valence-corrected chi connectivity index (χ0v) is 22.0. The average Bonchev–Trinajstić information content (AvgIpc) is 3.39. The molecule has 6 atom stereocenters. The van der Waals surface area contributed by atoms with E-state index in [1.807, 2.05) is 33.8 Å². The summed E-state index contributed by atoms with van der Waals surface area (Å²) in [6.07, 6.45) is 5.29. The van der Waals surface area contributed by atoms with Crippen LogP contribution in [-0.4, -0.2) is 48.9 Å². The summed E-state index contributed by atoms with van der Waals surface area (Å²) in [5.41, 5.74) is -0.669. The van der Waals surface area contributed by atoms with Gasteiger partial charge in [-0.2, -0.15) is 0 Å². The Morgan fingerprint density at radius 2 is 1.94 bits per heavy atom. The maximum absolute atomic E-state index is 13.4. The second-order valence-electron chi connectivity index (χ2n) is 11.9. The van der Waals surface area contributed by atoms with Gasteiger partial charge in [0.05, 0.1) is 24.2 Å². The van der Waals surface area contributed by atoms with Crippen molar-refractivity contribution in [1.29, 1.82) is 0 Å². The molecule has 192 valence electrons. The minimum Gasteiger partial charge on any atom is -0.465 e. The first kappa shape index (κ1) is 25.8. The van der Waals surface area contributed by atoms with Gasteiger partial charge in [0, 0.05) is 31.6 Å². The van der Waals surface area contributed by atoms with Crippen LogP contribution in [0.5, 0.6) is 0 Å². The monoisotopic (exact) mass is 486 g/mol. The fourth-order valence-electron chi connectivity index (χ4n) is 7.38. The SMILES string of the molecule is COC(=O)C1=C(C[C@]23CC[C@H](O2)C(C)(C)C3=O)C[C@@H](OC(C)=O)[C@]2(C)C1=CC[C@@]2(C)[C@H](C)CC=O. The van der Waals surface area contributed by atoms with Crippen molar-refractivity contribution in [1.82, 2.24) is 0 Å². The zero-order chi connectivity index (χ0) is 26.0. The predicted octanol–water partition coefficient (Wildman–Crippen LogP) is 4.28. The zero-order valence-electron chi connectivity index (χ0n) is 22.0. The van der Waals surface area contributed by atoms with Crippen LogP contribution >= 0.6 is 0 Å². The van der Waals surface area contributed by atoms with Crippen LogP contribution in [0, 0.1) is 22.2 Å². The average molecular weight is 487 g/mol. The van der Waals surface area contributed by atoms with E-state index in [1.54, 1.807) is 0 Å². The normalized spacial score (nSPS) is 38.1. The van der Waals surface area contributed by atoms with Crippen molar-refractivity contribution in [2.75, 3.05) is 7.11 Å². The van der Waals surface area contributed by atoms with Crippen LogP contribution in [-0.2, 0) is 33.4 Å². The lowest BCUT2D eigenvalue weighted by atomic mass is 9.52. The quantitative estimate of drug-likeness (QED) is 0.391. The molecule has 2 aliphatic carbocycles. The van der Waals surface area contributed by atoms with Crippen molar-refractivity contribution in [3.8, 4) is 0 Å². The number of hydrogen-bond donors (Lipinski definition) is 0. The van der Waals surface area contributed by atoms with Gasteiger partial charge in [-0.25, -0.2) is 4.79 Å². The van der Waals surface area contributed by atoms with Gasteiger partial charge in [-0.05, 0) is 41.7 Å². The molecule has 0 unspecified atom stereocenters. The van der Waals surface area contributed by atoms with Crippen molar-refractivity contribution in [3.05, 3.63) is 22.8 Å². The van der Waals surface area contributed by atoms with E-state index in [9.17, 15) is 19.2 Å². The van der Waals surface area contributed by atoms with E-state index in [-0.39, 0.29) is 24.2 Å². The Morgan fingerprint density at radius 1 is 1.26 bits per heavy atom. The fraction of sp³-hybridized carbons (Fsp3) is 0.714. The molecule has 0 amide bonds.